The summed E-state index contributed by atoms with van der Waals surface area (Å²) >= 11 is 0. The number of methoxy groups -OCH3 is 1. The Hall–Kier alpha value is -0.820. The van der Waals surface area contributed by atoms with Gasteiger partial charge in [0.25, 0.3) is 0 Å². The third-order valence-electron chi connectivity index (χ3n) is 3.79. The maximum Gasteiger partial charge on any atom is 0.246 e. The van der Waals surface area contributed by atoms with Crippen molar-refractivity contribution in [3.05, 3.63) is 23.3 Å². The van der Waals surface area contributed by atoms with Gasteiger partial charge in [0.15, 0.2) is 0 Å². The zero-order chi connectivity index (χ0) is 14.9. The van der Waals surface area contributed by atoms with Gasteiger partial charge >= 0.3 is 0 Å². The van der Waals surface area contributed by atoms with Crippen LogP contribution >= 0.6 is 12.4 Å². The Morgan fingerprint density at radius 1 is 1.38 bits per heavy atom. The van der Waals surface area contributed by atoms with Crippen LogP contribution in [0.15, 0.2) is 17.0 Å². The van der Waals surface area contributed by atoms with Gasteiger partial charge in [-0.15, -0.1) is 12.4 Å². The third kappa shape index (κ3) is 3.51. The fourth-order valence-electron chi connectivity index (χ4n) is 2.72. The Bertz CT molecular complexity index is 604. The molecule has 0 amide bonds. The zero-order valence-corrected chi connectivity index (χ0v) is 14.3. The number of hydrogen-bond acceptors (Lipinski definition) is 4. The molecule has 120 valence electrons. The Labute approximate surface area is 132 Å². The van der Waals surface area contributed by atoms with Gasteiger partial charge in [-0.1, -0.05) is 6.07 Å². The first-order valence-electron chi connectivity index (χ1n) is 6.75. The van der Waals surface area contributed by atoms with E-state index in [1.165, 1.54) is 11.4 Å². The molecule has 0 radical (unpaired) electrons. The molecule has 0 bridgehead atoms. The van der Waals surface area contributed by atoms with Crippen LogP contribution in [0.25, 0.3) is 0 Å². The average Bonchev–Trinajstić information content (AvgIpc) is 2.87. The van der Waals surface area contributed by atoms with Crippen molar-refractivity contribution in [3.63, 3.8) is 0 Å². The second kappa shape index (κ2) is 6.96. The van der Waals surface area contributed by atoms with Gasteiger partial charge < -0.3 is 10.5 Å². The Morgan fingerprint density at radius 3 is 2.57 bits per heavy atom. The van der Waals surface area contributed by atoms with Crippen LogP contribution < -0.4 is 10.5 Å². The van der Waals surface area contributed by atoms with E-state index in [4.69, 9.17) is 10.5 Å². The second-order valence-electron chi connectivity index (χ2n) is 5.37. The minimum atomic E-state index is -3.52. The van der Waals surface area contributed by atoms with Crippen LogP contribution in [0, 0.1) is 19.8 Å². The average molecular weight is 335 g/mol. The fourth-order valence-corrected chi connectivity index (χ4v) is 4.56. The van der Waals surface area contributed by atoms with Crippen LogP contribution in [0.5, 0.6) is 5.75 Å². The van der Waals surface area contributed by atoms with E-state index < -0.39 is 10.0 Å². The lowest BCUT2D eigenvalue weighted by molar-refractivity contribution is 0.394. The lowest BCUT2D eigenvalue weighted by Gasteiger charge is -2.20. The monoisotopic (exact) mass is 334 g/mol. The highest BCUT2D eigenvalue weighted by Crippen LogP contribution is 2.33. The SMILES string of the molecule is COc1c(C)cc(C)cc1S(=O)(=O)N1CCC(CN)C1.Cl. The normalized spacial score (nSPS) is 19.3. The number of hydrogen-bond donors (Lipinski definition) is 1. The smallest absolute Gasteiger partial charge is 0.246 e. The molecule has 0 aliphatic carbocycles. The number of nitrogens with zero attached hydrogens (tertiary/aromatic N) is 1. The first-order valence-corrected chi connectivity index (χ1v) is 8.19. The molecule has 21 heavy (non-hydrogen) atoms. The van der Waals surface area contributed by atoms with Crippen LogP contribution in [-0.2, 0) is 10.0 Å². The standard InChI is InChI=1S/C14H22N2O3S.ClH/c1-10-6-11(2)14(19-3)13(7-10)20(17,18)16-5-4-12(8-15)9-16;/h6-7,12H,4-5,8-9,15H2,1-3H3;1H. The largest absolute Gasteiger partial charge is 0.495 e. The number of ether oxygens (including phenoxy) is 1. The summed E-state index contributed by atoms with van der Waals surface area (Å²) < 4.78 is 32.4. The quantitative estimate of drug-likeness (QED) is 0.909. The Balaban J connectivity index is 0.00000220. The van der Waals surface area contributed by atoms with Crippen LogP contribution in [-0.4, -0.2) is 39.5 Å². The van der Waals surface area contributed by atoms with E-state index in [9.17, 15) is 8.42 Å². The summed E-state index contributed by atoms with van der Waals surface area (Å²) in [4.78, 5) is 0.259. The van der Waals surface area contributed by atoms with E-state index >= 15 is 0 Å². The van der Waals surface area contributed by atoms with E-state index in [1.54, 1.807) is 6.07 Å². The highest BCUT2D eigenvalue weighted by Gasteiger charge is 2.34. The van der Waals surface area contributed by atoms with Gasteiger partial charge in [-0.05, 0) is 49.9 Å². The van der Waals surface area contributed by atoms with Crippen molar-refractivity contribution in [3.8, 4) is 5.75 Å². The molecule has 1 aliphatic rings. The first kappa shape index (κ1) is 18.2. The Morgan fingerprint density at radius 2 is 2.05 bits per heavy atom. The van der Waals surface area contributed by atoms with Crippen molar-refractivity contribution in [2.75, 3.05) is 26.7 Å². The molecule has 1 atom stereocenters. The Kier molecular flexibility index (Phi) is 6.04. The molecule has 1 aromatic rings. The number of halogens is 1. The predicted octanol–water partition coefficient (Wildman–Crippen LogP) is 1.70. The molecule has 1 fully saturated rings. The molecule has 1 aromatic carbocycles. The van der Waals surface area contributed by atoms with Crippen molar-refractivity contribution in [2.45, 2.75) is 25.2 Å². The molecule has 0 aromatic heterocycles. The molecule has 0 spiro atoms. The van der Waals surface area contributed by atoms with Crippen molar-refractivity contribution in [1.82, 2.24) is 4.31 Å². The number of sulfonamides is 1. The molecule has 1 saturated heterocycles. The van der Waals surface area contributed by atoms with Crippen LogP contribution in [0.3, 0.4) is 0 Å². The highest BCUT2D eigenvalue weighted by atomic mass is 35.5. The topological polar surface area (TPSA) is 72.6 Å². The summed E-state index contributed by atoms with van der Waals surface area (Å²) in [6, 6.07) is 3.60. The van der Waals surface area contributed by atoms with Gasteiger partial charge in [-0.2, -0.15) is 4.31 Å². The molecule has 1 heterocycles. The van der Waals surface area contributed by atoms with Gasteiger partial charge in [0.05, 0.1) is 7.11 Å². The van der Waals surface area contributed by atoms with Crippen molar-refractivity contribution in [1.29, 1.82) is 0 Å². The van der Waals surface area contributed by atoms with Gasteiger partial charge in [0.1, 0.15) is 10.6 Å². The van der Waals surface area contributed by atoms with Crippen LogP contribution in [0.2, 0.25) is 0 Å². The van der Waals surface area contributed by atoms with E-state index in [0.717, 1.165) is 17.5 Å². The predicted molar refractivity (Wildman–Crippen MR) is 85.6 cm³/mol. The molecule has 2 N–H and O–H groups in total. The maximum absolute atomic E-state index is 12.8. The number of aryl methyl sites for hydroxylation is 2. The third-order valence-corrected chi connectivity index (χ3v) is 5.66. The molecule has 1 aliphatic heterocycles. The fraction of sp³-hybridized carbons (Fsp3) is 0.571. The summed E-state index contributed by atoms with van der Waals surface area (Å²) in [5, 5.41) is 0. The second-order valence-corrected chi connectivity index (χ2v) is 7.27. The minimum Gasteiger partial charge on any atom is -0.495 e. The van der Waals surface area contributed by atoms with E-state index in [-0.39, 0.29) is 23.2 Å². The van der Waals surface area contributed by atoms with Crippen molar-refractivity contribution < 1.29 is 13.2 Å². The van der Waals surface area contributed by atoms with Gasteiger partial charge in [-0.3, -0.25) is 0 Å². The lowest BCUT2D eigenvalue weighted by atomic mass is 10.1. The molecular weight excluding hydrogens is 312 g/mol. The molecule has 7 heteroatoms. The minimum absolute atomic E-state index is 0. The molecule has 1 unspecified atom stereocenters. The van der Waals surface area contributed by atoms with Crippen molar-refractivity contribution in [2.24, 2.45) is 11.7 Å². The molecule has 0 saturated carbocycles. The number of nitrogens with two attached hydrogens (primary N) is 1. The van der Waals surface area contributed by atoms with Gasteiger partial charge in [-0.25, -0.2) is 8.42 Å². The number of rotatable bonds is 4. The molecular formula is C14H23ClN2O3S. The van der Waals surface area contributed by atoms with E-state index in [2.05, 4.69) is 0 Å². The molecule has 5 nitrogen and oxygen atoms in total. The molecule has 2 rings (SSSR count). The summed E-state index contributed by atoms with van der Waals surface area (Å²) in [7, 11) is -2.01. The van der Waals surface area contributed by atoms with Gasteiger partial charge in [0, 0.05) is 13.1 Å². The van der Waals surface area contributed by atoms with Crippen LogP contribution in [0.4, 0.5) is 0 Å². The van der Waals surface area contributed by atoms with Crippen LogP contribution in [0.1, 0.15) is 17.5 Å². The maximum atomic E-state index is 12.8. The summed E-state index contributed by atoms with van der Waals surface area (Å²) in [5.74, 6) is 0.688. The lowest BCUT2D eigenvalue weighted by Crippen LogP contribution is -2.30. The zero-order valence-electron chi connectivity index (χ0n) is 12.6. The highest BCUT2D eigenvalue weighted by molar-refractivity contribution is 7.89. The van der Waals surface area contributed by atoms with E-state index in [0.29, 0.717) is 25.4 Å². The van der Waals surface area contributed by atoms with Gasteiger partial charge in [0.2, 0.25) is 10.0 Å². The number of benzene rings is 1. The summed E-state index contributed by atoms with van der Waals surface area (Å²) in [5.41, 5.74) is 7.38. The van der Waals surface area contributed by atoms with Crippen molar-refractivity contribution >= 4 is 22.4 Å². The summed E-state index contributed by atoms with van der Waals surface area (Å²) in [6.07, 6.45) is 0.822. The van der Waals surface area contributed by atoms with E-state index in [1.807, 2.05) is 19.9 Å². The first-order chi connectivity index (χ1) is 9.40. The summed E-state index contributed by atoms with van der Waals surface area (Å²) in [6.45, 7) is 5.29.